The highest BCUT2D eigenvalue weighted by molar-refractivity contribution is 9.10. The predicted octanol–water partition coefficient (Wildman–Crippen LogP) is 4.49. The van der Waals surface area contributed by atoms with Crippen LogP contribution in [0.15, 0.2) is 34.8 Å². The number of carbonyl (C=O) groups is 1. The largest absolute Gasteiger partial charge is 0.493 e. The van der Waals surface area contributed by atoms with Crippen LogP contribution in [0.4, 0.5) is 4.39 Å². The van der Waals surface area contributed by atoms with Crippen molar-refractivity contribution in [3.63, 3.8) is 0 Å². The molecule has 0 aromatic heterocycles. The molecular weight excluding hydrogens is 363 g/mol. The van der Waals surface area contributed by atoms with Crippen molar-refractivity contribution >= 4 is 33.3 Å². The first-order valence-corrected chi connectivity index (χ1v) is 7.06. The molecule has 110 valence electrons. The summed E-state index contributed by atoms with van der Waals surface area (Å²) in [4.78, 5) is 12.4. The van der Waals surface area contributed by atoms with Crippen LogP contribution in [-0.4, -0.2) is 20.0 Å². The first kappa shape index (κ1) is 15.8. The van der Waals surface area contributed by atoms with Gasteiger partial charge in [-0.15, -0.1) is 0 Å². The molecule has 3 nitrogen and oxygen atoms in total. The van der Waals surface area contributed by atoms with E-state index >= 15 is 0 Å². The van der Waals surface area contributed by atoms with Gasteiger partial charge in [-0.25, -0.2) is 4.39 Å². The molecule has 0 atom stereocenters. The fourth-order valence-electron chi connectivity index (χ4n) is 1.83. The Bertz CT molecular complexity index is 704. The Balaban J connectivity index is 2.47. The second kappa shape index (κ2) is 6.45. The van der Waals surface area contributed by atoms with Crippen molar-refractivity contribution in [2.75, 3.05) is 14.2 Å². The summed E-state index contributed by atoms with van der Waals surface area (Å²) in [5.74, 6) is -0.246. The molecule has 0 fully saturated rings. The topological polar surface area (TPSA) is 35.5 Å². The van der Waals surface area contributed by atoms with Crippen molar-refractivity contribution < 1.29 is 18.7 Å². The molecule has 2 aromatic rings. The van der Waals surface area contributed by atoms with Crippen LogP contribution in [0.1, 0.15) is 15.9 Å². The van der Waals surface area contributed by atoms with E-state index in [2.05, 4.69) is 15.9 Å². The van der Waals surface area contributed by atoms with Crippen LogP contribution in [0.3, 0.4) is 0 Å². The molecule has 0 N–H and O–H groups in total. The lowest BCUT2D eigenvalue weighted by atomic mass is 10.0. The summed E-state index contributed by atoms with van der Waals surface area (Å²) in [5.41, 5.74) is 0.181. The van der Waals surface area contributed by atoms with E-state index in [9.17, 15) is 9.18 Å². The van der Waals surface area contributed by atoms with E-state index in [0.29, 0.717) is 16.0 Å². The Morgan fingerprint density at radius 2 is 1.81 bits per heavy atom. The van der Waals surface area contributed by atoms with E-state index < -0.39 is 11.6 Å². The third-order valence-corrected chi connectivity index (χ3v) is 4.10. The normalized spacial score (nSPS) is 10.3. The minimum Gasteiger partial charge on any atom is -0.493 e. The Morgan fingerprint density at radius 1 is 1.14 bits per heavy atom. The van der Waals surface area contributed by atoms with Gasteiger partial charge < -0.3 is 9.47 Å². The summed E-state index contributed by atoms with van der Waals surface area (Å²) < 4.78 is 24.6. The molecule has 0 aliphatic rings. The van der Waals surface area contributed by atoms with Crippen molar-refractivity contribution in [1.29, 1.82) is 0 Å². The summed E-state index contributed by atoms with van der Waals surface area (Å²) in [7, 11) is 2.96. The molecule has 2 rings (SSSR count). The van der Waals surface area contributed by atoms with Crippen molar-refractivity contribution in [1.82, 2.24) is 0 Å². The van der Waals surface area contributed by atoms with E-state index in [0.717, 1.165) is 6.07 Å². The summed E-state index contributed by atoms with van der Waals surface area (Å²) in [6.07, 6.45) is 0. The fourth-order valence-corrected chi connectivity index (χ4v) is 2.31. The number of halogens is 3. The maximum Gasteiger partial charge on any atom is 0.196 e. The Kier molecular flexibility index (Phi) is 4.85. The number of rotatable bonds is 4. The highest BCUT2D eigenvalue weighted by Gasteiger charge is 2.18. The summed E-state index contributed by atoms with van der Waals surface area (Å²) >= 11 is 9.02. The second-order valence-electron chi connectivity index (χ2n) is 4.15. The van der Waals surface area contributed by atoms with Crippen LogP contribution in [0.2, 0.25) is 5.02 Å². The first-order valence-electron chi connectivity index (χ1n) is 5.89. The molecule has 0 aliphatic heterocycles. The molecule has 0 saturated carbocycles. The maximum atomic E-state index is 13.9. The molecule has 0 amide bonds. The Labute approximate surface area is 134 Å². The van der Waals surface area contributed by atoms with Crippen molar-refractivity contribution in [2.45, 2.75) is 0 Å². The Morgan fingerprint density at radius 3 is 2.43 bits per heavy atom. The summed E-state index contributed by atoms with van der Waals surface area (Å²) in [6, 6.07) is 7.08. The number of benzene rings is 2. The van der Waals surface area contributed by atoms with Gasteiger partial charge in [0.2, 0.25) is 0 Å². The van der Waals surface area contributed by atoms with Crippen LogP contribution in [0.25, 0.3) is 0 Å². The lowest BCUT2D eigenvalue weighted by molar-refractivity contribution is 0.103. The van der Waals surface area contributed by atoms with Gasteiger partial charge in [-0.2, -0.15) is 0 Å². The smallest absolute Gasteiger partial charge is 0.196 e. The fraction of sp³-hybridized carbons (Fsp3) is 0.133. The maximum absolute atomic E-state index is 13.9. The standard InChI is InChI=1S/C15H11BrClFO3/c1-20-13-4-3-8(5-14(13)21-2)15(19)9-6-11(17)10(16)7-12(9)18/h3-7H,1-2H3. The van der Waals surface area contributed by atoms with Gasteiger partial charge in [0.05, 0.1) is 24.8 Å². The molecular formula is C15H11BrClFO3. The van der Waals surface area contributed by atoms with E-state index in [1.54, 1.807) is 12.1 Å². The van der Waals surface area contributed by atoms with Gasteiger partial charge in [-0.1, -0.05) is 11.6 Å². The zero-order chi connectivity index (χ0) is 15.6. The zero-order valence-electron chi connectivity index (χ0n) is 11.2. The van der Waals surface area contributed by atoms with Crippen LogP contribution in [0, 0.1) is 5.82 Å². The molecule has 2 aromatic carbocycles. The molecule has 6 heteroatoms. The number of hydrogen-bond donors (Lipinski definition) is 0. The van der Waals surface area contributed by atoms with Crippen LogP contribution in [-0.2, 0) is 0 Å². The molecule has 21 heavy (non-hydrogen) atoms. The van der Waals surface area contributed by atoms with Crippen molar-refractivity contribution in [2.24, 2.45) is 0 Å². The van der Waals surface area contributed by atoms with E-state index in [-0.39, 0.29) is 16.1 Å². The molecule has 0 saturated heterocycles. The minimum absolute atomic E-state index is 0.101. The van der Waals surface area contributed by atoms with E-state index in [4.69, 9.17) is 21.1 Å². The predicted molar refractivity (Wildman–Crippen MR) is 82.1 cm³/mol. The van der Waals surface area contributed by atoms with Gasteiger partial charge in [-0.3, -0.25) is 4.79 Å². The number of ether oxygens (including phenoxy) is 2. The molecule has 0 heterocycles. The third-order valence-electron chi connectivity index (χ3n) is 2.90. The number of carbonyl (C=O) groups excluding carboxylic acids is 1. The highest BCUT2D eigenvalue weighted by Crippen LogP contribution is 2.30. The molecule has 0 aliphatic carbocycles. The quantitative estimate of drug-likeness (QED) is 0.585. The molecule has 0 bridgehead atoms. The average Bonchev–Trinajstić information content (AvgIpc) is 2.49. The average molecular weight is 374 g/mol. The minimum atomic E-state index is -0.647. The summed E-state index contributed by atoms with van der Waals surface area (Å²) in [5, 5.41) is 0.264. The third kappa shape index (κ3) is 3.19. The number of ketones is 1. The van der Waals surface area contributed by atoms with Crippen LogP contribution >= 0.6 is 27.5 Å². The molecule has 0 radical (unpaired) electrons. The Hall–Kier alpha value is -1.59. The van der Waals surface area contributed by atoms with Crippen molar-refractivity contribution in [3.8, 4) is 11.5 Å². The number of hydrogen-bond acceptors (Lipinski definition) is 3. The first-order chi connectivity index (χ1) is 9.97. The van der Waals surface area contributed by atoms with E-state index in [1.165, 1.54) is 26.4 Å². The molecule has 0 spiro atoms. The lowest BCUT2D eigenvalue weighted by Gasteiger charge is -2.10. The van der Waals surface area contributed by atoms with Crippen molar-refractivity contribution in [3.05, 3.63) is 56.8 Å². The number of methoxy groups -OCH3 is 2. The summed E-state index contributed by atoms with van der Waals surface area (Å²) in [6.45, 7) is 0. The van der Waals surface area contributed by atoms with Gasteiger partial charge in [-0.05, 0) is 46.3 Å². The lowest BCUT2D eigenvalue weighted by Crippen LogP contribution is -2.05. The van der Waals surface area contributed by atoms with Gasteiger partial charge in [0.1, 0.15) is 5.82 Å². The molecule has 0 unspecified atom stereocenters. The highest BCUT2D eigenvalue weighted by atomic mass is 79.9. The SMILES string of the molecule is COc1ccc(C(=O)c2cc(Cl)c(Br)cc2F)cc1OC. The second-order valence-corrected chi connectivity index (χ2v) is 5.41. The van der Waals surface area contributed by atoms with Gasteiger partial charge in [0.15, 0.2) is 17.3 Å². The zero-order valence-corrected chi connectivity index (χ0v) is 13.6. The van der Waals surface area contributed by atoms with Gasteiger partial charge in [0.25, 0.3) is 0 Å². The van der Waals surface area contributed by atoms with Crippen LogP contribution < -0.4 is 9.47 Å². The van der Waals surface area contributed by atoms with E-state index in [1.807, 2.05) is 0 Å². The van der Waals surface area contributed by atoms with Gasteiger partial charge in [0, 0.05) is 10.0 Å². The van der Waals surface area contributed by atoms with Gasteiger partial charge >= 0.3 is 0 Å². The monoisotopic (exact) mass is 372 g/mol. The van der Waals surface area contributed by atoms with Crippen LogP contribution in [0.5, 0.6) is 11.5 Å².